The molecule has 3 N–H and O–H groups in total. The smallest absolute Gasteiger partial charge is 0.452 e. The SMILES string of the molecule is Cc1ccc(C2(c3ccccc3)CN(CC(=O)N[C@H](C(=O)N3CCC[C@H]3C(=O)N[C@H](C(=O)C(F)(F)F)C(C)C)C(C)C)C(=O)N2CC(=O)O)cc1. The Labute approximate surface area is 294 Å². The summed E-state index contributed by atoms with van der Waals surface area (Å²) in [5, 5.41) is 14.7. The highest BCUT2D eigenvalue weighted by Gasteiger charge is 2.53. The van der Waals surface area contributed by atoms with E-state index in [-0.39, 0.29) is 19.5 Å². The summed E-state index contributed by atoms with van der Waals surface area (Å²) in [5.74, 6) is -6.98. The number of benzene rings is 2. The van der Waals surface area contributed by atoms with Crippen LogP contribution in [-0.4, -0.2) is 106 Å². The number of urea groups is 1. The number of halogens is 3. The number of alkyl halides is 3. The largest absolute Gasteiger partial charge is 0.480 e. The van der Waals surface area contributed by atoms with Crippen molar-refractivity contribution in [1.82, 2.24) is 25.3 Å². The molecule has 2 saturated heterocycles. The Kier molecular flexibility index (Phi) is 11.8. The number of rotatable bonds is 13. The van der Waals surface area contributed by atoms with E-state index in [9.17, 15) is 47.0 Å². The van der Waals surface area contributed by atoms with Crippen LogP contribution in [0.5, 0.6) is 0 Å². The van der Waals surface area contributed by atoms with E-state index in [4.69, 9.17) is 0 Å². The lowest BCUT2D eigenvalue weighted by molar-refractivity contribution is -0.175. The molecule has 0 aliphatic carbocycles. The fraction of sp³-hybridized carbons (Fsp3) is 0.500. The van der Waals surface area contributed by atoms with Gasteiger partial charge in [-0.1, -0.05) is 87.9 Å². The number of Topliss-reactive ketones (excluding diaryl/α,β-unsaturated/α-hetero) is 1. The molecule has 0 aromatic heterocycles. The number of nitrogens with one attached hydrogen (secondary N) is 2. The van der Waals surface area contributed by atoms with Gasteiger partial charge in [0.05, 0.1) is 12.6 Å². The molecule has 51 heavy (non-hydrogen) atoms. The second kappa shape index (κ2) is 15.5. The Balaban J connectivity index is 1.56. The Bertz CT molecular complexity index is 1630. The van der Waals surface area contributed by atoms with E-state index in [0.29, 0.717) is 17.5 Å². The van der Waals surface area contributed by atoms with Crippen LogP contribution >= 0.6 is 0 Å². The molecular formula is C36H44F3N5O7. The fourth-order valence-corrected chi connectivity index (χ4v) is 6.78. The zero-order chi connectivity index (χ0) is 37.8. The van der Waals surface area contributed by atoms with Crippen molar-refractivity contribution in [3.05, 3.63) is 71.3 Å². The first-order valence-corrected chi connectivity index (χ1v) is 16.8. The van der Waals surface area contributed by atoms with Gasteiger partial charge in [-0.05, 0) is 42.7 Å². The number of carbonyl (C=O) groups excluding carboxylic acids is 5. The molecule has 1 unspecified atom stereocenters. The predicted octanol–water partition coefficient (Wildman–Crippen LogP) is 3.46. The molecular weight excluding hydrogens is 671 g/mol. The molecule has 2 fully saturated rings. The molecule has 2 aliphatic heterocycles. The highest BCUT2D eigenvalue weighted by atomic mass is 19.4. The van der Waals surface area contributed by atoms with E-state index in [0.717, 1.165) is 5.56 Å². The number of carbonyl (C=O) groups is 6. The first-order chi connectivity index (χ1) is 23.9. The summed E-state index contributed by atoms with van der Waals surface area (Å²) in [7, 11) is 0. The molecule has 5 amide bonds. The molecule has 2 heterocycles. The van der Waals surface area contributed by atoms with Gasteiger partial charge in [-0.2, -0.15) is 13.2 Å². The van der Waals surface area contributed by atoms with Gasteiger partial charge in [-0.15, -0.1) is 0 Å². The van der Waals surface area contributed by atoms with Gasteiger partial charge >= 0.3 is 18.2 Å². The summed E-state index contributed by atoms with van der Waals surface area (Å²) >= 11 is 0. The minimum Gasteiger partial charge on any atom is -0.480 e. The lowest BCUT2D eigenvalue weighted by atomic mass is 9.81. The molecule has 12 nitrogen and oxygen atoms in total. The van der Waals surface area contributed by atoms with Crippen LogP contribution in [0.15, 0.2) is 54.6 Å². The first-order valence-electron chi connectivity index (χ1n) is 16.8. The minimum atomic E-state index is -5.16. The number of hydrogen-bond donors (Lipinski definition) is 3. The topological polar surface area (TPSA) is 156 Å². The minimum absolute atomic E-state index is 0.0814. The Morgan fingerprint density at radius 3 is 2.02 bits per heavy atom. The summed E-state index contributed by atoms with van der Waals surface area (Å²) in [6.07, 6.45) is -4.66. The van der Waals surface area contributed by atoms with Gasteiger partial charge in [0, 0.05) is 6.54 Å². The third-order valence-electron chi connectivity index (χ3n) is 9.40. The normalized spacial score (nSPS) is 20.5. The average molecular weight is 716 g/mol. The van der Waals surface area contributed by atoms with E-state index in [2.05, 4.69) is 10.6 Å². The third-order valence-corrected chi connectivity index (χ3v) is 9.40. The lowest BCUT2D eigenvalue weighted by Crippen LogP contribution is -2.58. The number of aliphatic carboxylic acids is 1. The molecule has 0 saturated carbocycles. The van der Waals surface area contributed by atoms with Crippen molar-refractivity contribution in [2.24, 2.45) is 11.8 Å². The number of likely N-dealkylation sites (tertiary alicyclic amines) is 1. The Morgan fingerprint density at radius 2 is 1.47 bits per heavy atom. The van der Waals surface area contributed by atoms with E-state index in [1.54, 1.807) is 44.2 Å². The highest BCUT2D eigenvalue weighted by molar-refractivity contribution is 5.97. The van der Waals surface area contributed by atoms with Crippen LogP contribution in [0.3, 0.4) is 0 Å². The van der Waals surface area contributed by atoms with Crippen LogP contribution in [0, 0.1) is 18.8 Å². The maximum absolute atomic E-state index is 13.9. The molecule has 0 bridgehead atoms. The molecule has 2 aromatic rings. The number of amides is 5. The molecule has 4 atom stereocenters. The number of nitrogens with zero attached hydrogens (tertiary/aromatic N) is 3. The van der Waals surface area contributed by atoms with Crippen LogP contribution in [0.4, 0.5) is 18.0 Å². The van der Waals surface area contributed by atoms with Gasteiger partial charge in [0.1, 0.15) is 30.7 Å². The fourth-order valence-electron chi connectivity index (χ4n) is 6.78. The number of hydrogen-bond acceptors (Lipinski definition) is 6. The highest BCUT2D eigenvalue weighted by Crippen LogP contribution is 2.42. The summed E-state index contributed by atoms with van der Waals surface area (Å²) in [6.45, 7) is 6.80. The second-order valence-electron chi connectivity index (χ2n) is 13.8. The van der Waals surface area contributed by atoms with E-state index in [1.807, 2.05) is 31.2 Å². The van der Waals surface area contributed by atoms with Crippen molar-refractivity contribution in [1.29, 1.82) is 0 Å². The van der Waals surface area contributed by atoms with Crippen molar-refractivity contribution < 1.29 is 47.0 Å². The second-order valence-corrected chi connectivity index (χ2v) is 13.8. The number of carboxylic acids is 1. The number of carboxylic acid groups (broad SMARTS) is 1. The first kappa shape index (κ1) is 38.8. The summed E-state index contributed by atoms with van der Waals surface area (Å²) in [4.78, 5) is 82.3. The van der Waals surface area contributed by atoms with Gasteiger partial charge in [0.25, 0.3) is 5.78 Å². The third kappa shape index (κ3) is 8.34. The van der Waals surface area contributed by atoms with Crippen molar-refractivity contribution in [2.75, 3.05) is 26.2 Å². The van der Waals surface area contributed by atoms with Gasteiger partial charge < -0.3 is 25.5 Å². The van der Waals surface area contributed by atoms with Crippen molar-refractivity contribution in [3.8, 4) is 0 Å². The molecule has 276 valence electrons. The van der Waals surface area contributed by atoms with Crippen molar-refractivity contribution in [2.45, 2.75) is 77.3 Å². The average Bonchev–Trinajstić information content (AvgIpc) is 3.66. The zero-order valence-corrected chi connectivity index (χ0v) is 29.2. The van der Waals surface area contributed by atoms with Crippen LogP contribution in [0.2, 0.25) is 0 Å². The number of aryl methyl sites for hydroxylation is 1. The quantitative estimate of drug-likeness (QED) is 0.287. The van der Waals surface area contributed by atoms with Gasteiger partial charge in [-0.3, -0.25) is 28.9 Å². The van der Waals surface area contributed by atoms with E-state index < -0.39 is 90.3 Å². The molecule has 4 rings (SSSR count). The summed E-state index contributed by atoms with van der Waals surface area (Å²) in [6, 6.07) is 11.3. The lowest BCUT2D eigenvalue weighted by Gasteiger charge is -2.37. The molecule has 15 heteroatoms. The molecule has 2 aromatic carbocycles. The maximum atomic E-state index is 13.9. The van der Waals surface area contributed by atoms with E-state index >= 15 is 0 Å². The monoisotopic (exact) mass is 715 g/mol. The molecule has 0 spiro atoms. The number of ketones is 1. The summed E-state index contributed by atoms with van der Waals surface area (Å²) in [5.41, 5.74) is 0.956. The van der Waals surface area contributed by atoms with Crippen molar-refractivity contribution >= 4 is 35.5 Å². The van der Waals surface area contributed by atoms with Gasteiger partial charge in [-0.25, -0.2) is 4.79 Å². The van der Waals surface area contributed by atoms with Crippen LogP contribution in [-0.2, 0) is 29.5 Å². The maximum Gasteiger partial charge on any atom is 0.452 e. The van der Waals surface area contributed by atoms with Crippen LogP contribution in [0.1, 0.15) is 57.2 Å². The van der Waals surface area contributed by atoms with Gasteiger partial charge in [0.15, 0.2) is 0 Å². The predicted molar refractivity (Wildman–Crippen MR) is 179 cm³/mol. The van der Waals surface area contributed by atoms with Gasteiger partial charge in [0.2, 0.25) is 17.7 Å². The molecule has 0 radical (unpaired) electrons. The standard InChI is InChI=1S/C36H44F3N5O7/c1-21(2)29(31(48)36(37,38)39)41-32(49)26-12-9-17-43(26)33(50)30(22(3)4)40-27(45)18-42-20-35(24-10-7-6-8-11-24,25-15-13-23(5)14-16-25)44(34(42)51)19-28(46)47/h6-8,10-11,13-16,21-22,26,29-30H,9,12,17-20H2,1-5H3,(H,40,45)(H,41,49)(H,46,47)/t26-,29-,30-,35?/m0/s1. The Morgan fingerprint density at radius 1 is 0.882 bits per heavy atom. The summed E-state index contributed by atoms with van der Waals surface area (Å²) < 4.78 is 39.7. The van der Waals surface area contributed by atoms with Crippen LogP contribution in [0.25, 0.3) is 0 Å². The Hall–Kier alpha value is -4.95. The zero-order valence-electron chi connectivity index (χ0n) is 29.2. The van der Waals surface area contributed by atoms with Crippen LogP contribution < -0.4 is 10.6 Å². The molecule has 2 aliphatic rings. The van der Waals surface area contributed by atoms with Crippen molar-refractivity contribution in [3.63, 3.8) is 0 Å². The van der Waals surface area contributed by atoms with E-state index in [1.165, 1.54) is 28.5 Å².